The molecule has 1 N–H and O–H groups in total. The Morgan fingerprint density at radius 1 is 0.889 bits per heavy atom. The number of benzene rings is 3. The quantitative estimate of drug-likeness (QED) is 0.645. The molecular formula is C21H16F3NO2. The van der Waals surface area contributed by atoms with Crippen LogP contribution in [0.5, 0.6) is 5.75 Å². The van der Waals surface area contributed by atoms with E-state index in [4.69, 9.17) is 4.74 Å². The standard InChI is InChI=1S/C21H16F3NO2/c1-27-19-9-5-4-8-18(19)25-20(26)17-7-3-2-6-16(17)14-10-12-15(13-11-14)21(22,23)24/h2-13H,1H3,(H,25,26). The van der Waals surface area contributed by atoms with Crippen molar-refractivity contribution in [1.82, 2.24) is 0 Å². The van der Waals surface area contributed by atoms with Gasteiger partial charge in [0.2, 0.25) is 0 Å². The van der Waals surface area contributed by atoms with Crippen LogP contribution in [0.2, 0.25) is 0 Å². The van der Waals surface area contributed by atoms with Crippen LogP contribution in [0.25, 0.3) is 11.1 Å². The summed E-state index contributed by atoms with van der Waals surface area (Å²) in [6.07, 6.45) is -4.40. The first-order chi connectivity index (χ1) is 12.9. The third kappa shape index (κ3) is 4.11. The van der Waals surface area contributed by atoms with Crippen molar-refractivity contribution in [3.8, 4) is 16.9 Å². The Bertz CT molecular complexity index is 950. The van der Waals surface area contributed by atoms with Crippen LogP contribution in [0.1, 0.15) is 15.9 Å². The van der Waals surface area contributed by atoms with E-state index in [9.17, 15) is 18.0 Å². The molecule has 6 heteroatoms. The molecule has 0 saturated heterocycles. The molecule has 3 aromatic rings. The van der Waals surface area contributed by atoms with Gasteiger partial charge in [0.05, 0.1) is 18.4 Å². The second-order valence-corrected chi connectivity index (χ2v) is 5.78. The van der Waals surface area contributed by atoms with Crippen LogP contribution in [0.15, 0.2) is 72.8 Å². The van der Waals surface area contributed by atoms with E-state index < -0.39 is 11.7 Å². The van der Waals surface area contributed by atoms with E-state index in [1.54, 1.807) is 48.5 Å². The lowest BCUT2D eigenvalue weighted by Crippen LogP contribution is -2.13. The van der Waals surface area contributed by atoms with E-state index in [1.165, 1.54) is 19.2 Å². The van der Waals surface area contributed by atoms with Gasteiger partial charge < -0.3 is 10.1 Å². The molecule has 0 aliphatic rings. The minimum atomic E-state index is -4.40. The SMILES string of the molecule is COc1ccccc1NC(=O)c1ccccc1-c1ccc(C(F)(F)F)cc1. The minimum Gasteiger partial charge on any atom is -0.495 e. The molecule has 138 valence electrons. The number of ether oxygens (including phenoxy) is 1. The molecule has 0 aliphatic carbocycles. The van der Waals surface area contributed by atoms with Crippen molar-refractivity contribution in [3.63, 3.8) is 0 Å². The number of alkyl halides is 3. The number of carbonyl (C=O) groups is 1. The molecule has 0 spiro atoms. The lowest BCUT2D eigenvalue weighted by atomic mass is 9.98. The Kier molecular flexibility index (Phi) is 5.16. The van der Waals surface area contributed by atoms with Gasteiger partial charge in [0.15, 0.2) is 0 Å². The average Bonchev–Trinajstić information content (AvgIpc) is 2.68. The van der Waals surface area contributed by atoms with Crippen molar-refractivity contribution >= 4 is 11.6 Å². The highest BCUT2D eigenvalue weighted by atomic mass is 19.4. The molecule has 0 saturated carbocycles. The van der Waals surface area contributed by atoms with Crippen LogP contribution in [0.3, 0.4) is 0 Å². The number of nitrogens with one attached hydrogen (secondary N) is 1. The van der Waals surface area contributed by atoms with Crippen molar-refractivity contribution < 1.29 is 22.7 Å². The molecular weight excluding hydrogens is 355 g/mol. The zero-order valence-electron chi connectivity index (χ0n) is 14.4. The van der Waals surface area contributed by atoms with Gasteiger partial charge in [-0.2, -0.15) is 13.2 Å². The molecule has 0 atom stereocenters. The largest absolute Gasteiger partial charge is 0.495 e. The minimum absolute atomic E-state index is 0.350. The summed E-state index contributed by atoms with van der Waals surface area (Å²) in [7, 11) is 1.50. The Hall–Kier alpha value is -3.28. The number of para-hydroxylation sites is 2. The molecule has 0 aliphatic heterocycles. The molecule has 3 rings (SSSR count). The zero-order valence-corrected chi connectivity index (χ0v) is 14.4. The topological polar surface area (TPSA) is 38.3 Å². The predicted molar refractivity (Wildman–Crippen MR) is 97.8 cm³/mol. The normalized spacial score (nSPS) is 11.1. The number of amides is 1. The summed E-state index contributed by atoms with van der Waals surface area (Å²) in [6, 6.07) is 18.4. The molecule has 3 nitrogen and oxygen atoms in total. The highest BCUT2D eigenvalue weighted by Crippen LogP contribution is 2.32. The fraction of sp³-hybridized carbons (Fsp3) is 0.0952. The maximum Gasteiger partial charge on any atom is 0.416 e. The lowest BCUT2D eigenvalue weighted by Gasteiger charge is -2.13. The van der Waals surface area contributed by atoms with E-state index in [1.807, 2.05) is 0 Å². The Balaban J connectivity index is 1.93. The van der Waals surface area contributed by atoms with Crippen molar-refractivity contribution in [2.75, 3.05) is 12.4 Å². The molecule has 0 aromatic heterocycles. The summed E-state index contributed by atoms with van der Waals surface area (Å²) < 4.78 is 43.5. The van der Waals surface area contributed by atoms with Crippen molar-refractivity contribution in [3.05, 3.63) is 83.9 Å². The predicted octanol–water partition coefficient (Wildman–Crippen LogP) is 5.63. The van der Waals surface area contributed by atoms with Crippen molar-refractivity contribution in [1.29, 1.82) is 0 Å². The molecule has 0 unspecified atom stereocenters. The summed E-state index contributed by atoms with van der Waals surface area (Å²) in [5.41, 5.74) is 1.19. The molecule has 27 heavy (non-hydrogen) atoms. The average molecular weight is 371 g/mol. The second kappa shape index (κ2) is 7.53. The highest BCUT2D eigenvalue weighted by Gasteiger charge is 2.30. The van der Waals surface area contributed by atoms with E-state index >= 15 is 0 Å². The van der Waals surface area contributed by atoms with Crippen LogP contribution < -0.4 is 10.1 Å². The van der Waals surface area contributed by atoms with Crippen molar-refractivity contribution in [2.24, 2.45) is 0 Å². The summed E-state index contributed by atoms with van der Waals surface area (Å²) in [5.74, 6) is 0.132. The first-order valence-electron chi connectivity index (χ1n) is 8.11. The van der Waals surface area contributed by atoms with Gasteiger partial charge in [0, 0.05) is 5.56 Å². The first-order valence-corrected chi connectivity index (χ1v) is 8.11. The smallest absolute Gasteiger partial charge is 0.416 e. The number of halogens is 3. The maximum atomic E-state index is 12.8. The molecule has 0 fully saturated rings. The second-order valence-electron chi connectivity index (χ2n) is 5.78. The fourth-order valence-corrected chi connectivity index (χ4v) is 2.71. The van der Waals surface area contributed by atoms with Crippen molar-refractivity contribution in [2.45, 2.75) is 6.18 Å². The number of hydrogen-bond donors (Lipinski definition) is 1. The summed E-state index contributed by atoms with van der Waals surface area (Å²) in [5, 5.41) is 2.78. The monoisotopic (exact) mass is 371 g/mol. The summed E-state index contributed by atoms with van der Waals surface area (Å²) >= 11 is 0. The molecule has 1 amide bonds. The van der Waals surface area contributed by atoms with Gasteiger partial charge in [-0.15, -0.1) is 0 Å². The Labute approximate surface area is 154 Å². The van der Waals surface area contributed by atoms with Crippen LogP contribution in [-0.2, 0) is 6.18 Å². The van der Waals surface area contributed by atoms with Gasteiger partial charge in [-0.3, -0.25) is 4.79 Å². The highest BCUT2D eigenvalue weighted by molar-refractivity contribution is 6.09. The van der Waals surface area contributed by atoms with Gasteiger partial charge in [0.25, 0.3) is 5.91 Å². The Morgan fingerprint density at radius 3 is 2.19 bits per heavy atom. The third-order valence-electron chi connectivity index (χ3n) is 4.05. The van der Waals surface area contributed by atoms with Gasteiger partial charge in [0.1, 0.15) is 5.75 Å². The maximum absolute atomic E-state index is 12.8. The molecule has 3 aromatic carbocycles. The number of carbonyl (C=O) groups excluding carboxylic acids is 1. The third-order valence-corrected chi connectivity index (χ3v) is 4.05. The van der Waals surface area contributed by atoms with Gasteiger partial charge in [-0.25, -0.2) is 0 Å². The van der Waals surface area contributed by atoms with E-state index in [-0.39, 0.29) is 5.91 Å². The lowest BCUT2D eigenvalue weighted by molar-refractivity contribution is -0.137. The summed E-state index contributed by atoms with van der Waals surface area (Å²) in [6.45, 7) is 0. The number of methoxy groups -OCH3 is 1. The number of anilines is 1. The zero-order chi connectivity index (χ0) is 19.4. The van der Waals surface area contributed by atoms with Gasteiger partial charge in [-0.05, 0) is 41.5 Å². The molecule has 0 bridgehead atoms. The van der Waals surface area contributed by atoms with Crippen LogP contribution >= 0.6 is 0 Å². The first kappa shape index (κ1) is 18.5. The van der Waals surface area contributed by atoms with Crippen LogP contribution in [0, 0.1) is 0 Å². The number of rotatable bonds is 4. The Morgan fingerprint density at radius 2 is 1.52 bits per heavy atom. The fourth-order valence-electron chi connectivity index (χ4n) is 2.71. The summed E-state index contributed by atoms with van der Waals surface area (Å²) in [4.78, 5) is 12.8. The van der Waals surface area contributed by atoms with Gasteiger partial charge in [-0.1, -0.05) is 42.5 Å². The van der Waals surface area contributed by atoms with E-state index in [2.05, 4.69) is 5.32 Å². The number of hydrogen-bond acceptors (Lipinski definition) is 2. The van der Waals surface area contributed by atoms with E-state index in [0.717, 1.165) is 12.1 Å². The van der Waals surface area contributed by atoms with Crippen LogP contribution in [0.4, 0.5) is 18.9 Å². The molecule has 0 heterocycles. The van der Waals surface area contributed by atoms with Crippen LogP contribution in [-0.4, -0.2) is 13.0 Å². The van der Waals surface area contributed by atoms with E-state index in [0.29, 0.717) is 28.1 Å². The molecule has 0 radical (unpaired) electrons. The van der Waals surface area contributed by atoms with Gasteiger partial charge >= 0.3 is 6.18 Å².